The van der Waals surface area contributed by atoms with Crippen LogP contribution in [0.2, 0.25) is 0 Å². The van der Waals surface area contributed by atoms with Crippen molar-refractivity contribution in [3.05, 3.63) is 35.4 Å². The maximum Gasteiger partial charge on any atom is 0.416 e. The van der Waals surface area contributed by atoms with Crippen molar-refractivity contribution in [2.45, 2.75) is 37.7 Å². The molecule has 0 saturated carbocycles. The molecule has 3 nitrogen and oxygen atoms in total. The summed E-state index contributed by atoms with van der Waals surface area (Å²) in [6.07, 6.45) is -1.82. The molecule has 7 heteroatoms. The lowest BCUT2D eigenvalue weighted by Crippen LogP contribution is -2.40. The van der Waals surface area contributed by atoms with Gasteiger partial charge < -0.3 is 10.6 Å². The summed E-state index contributed by atoms with van der Waals surface area (Å²) in [7, 11) is 0. The molecule has 0 spiro atoms. The zero-order valence-electron chi connectivity index (χ0n) is 13.1. The number of aliphatic imine (C=N–C) groups is 1. The molecule has 1 aromatic carbocycles. The van der Waals surface area contributed by atoms with Crippen molar-refractivity contribution >= 4 is 17.7 Å². The molecule has 1 aliphatic rings. The molecule has 128 valence electrons. The Hall–Kier alpha value is -1.37. The van der Waals surface area contributed by atoms with Crippen LogP contribution >= 0.6 is 11.8 Å². The molecule has 2 rings (SSSR count). The smallest absolute Gasteiger partial charge is 0.357 e. The van der Waals surface area contributed by atoms with Gasteiger partial charge in [0.1, 0.15) is 0 Å². The minimum Gasteiger partial charge on any atom is -0.357 e. The van der Waals surface area contributed by atoms with Crippen LogP contribution in [0.5, 0.6) is 0 Å². The predicted octanol–water partition coefficient (Wildman–Crippen LogP) is 3.66. The lowest BCUT2D eigenvalue weighted by atomic mass is 10.1. The third-order valence-electron chi connectivity index (χ3n) is 3.57. The Morgan fingerprint density at radius 2 is 2.00 bits per heavy atom. The topological polar surface area (TPSA) is 36.4 Å². The number of nitrogens with zero attached hydrogens (tertiary/aromatic N) is 1. The molecule has 1 aromatic rings. The summed E-state index contributed by atoms with van der Waals surface area (Å²) in [5.41, 5.74) is 0.124. The van der Waals surface area contributed by atoms with E-state index < -0.39 is 11.7 Å². The molecule has 1 aliphatic heterocycles. The maximum absolute atomic E-state index is 12.5. The largest absolute Gasteiger partial charge is 0.416 e. The summed E-state index contributed by atoms with van der Waals surface area (Å²) in [5, 5.41) is 7.08. The summed E-state index contributed by atoms with van der Waals surface area (Å²) >= 11 is 1.97. The van der Waals surface area contributed by atoms with E-state index in [-0.39, 0.29) is 0 Å². The molecular weight excluding hydrogens is 323 g/mol. The third kappa shape index (κ3) is 5.97. The highest BCUT2D eigenvalue weighted by molar-refractivity contribution is 8.00. The van der Waals surface area contributed by atoms with Gasteiger partial charge in [-0.25, -0.2) is 4.99 Å². The molecule has 0 amide bonds. The fourth-order valence-electron chi connectivity index (χ4n) is 2.33. The fourth-order valence-corrected chi connectivity index (χ4v) is 3.53. The minimum absolute atomic E-state index is 0.352. The van der Waals surface area contributed by atoms with E-state index >= 15 is 0 Å². The molecule has 0 radical (unpaired) electrons. The average Bonchev–Trinajstić information content (AvgIpc) is 3.03. The Kier molecular flexibility index (Phi) is 6.62. The lowest BCUT2D eigenvalue weighted by Gasteiger charge is -2.14. The van der Waals surface area contributed by atoms with Crippen LogP contribution in [-0.2, 0) is 12.7 Å². The molecular formula is C16H22F3N3S. The zero-order chi connectivity index (χ0) is 16.7. The molecule has 23 heavy (non-hydrogen) atoms. The molecule has 1 unspecified atom stereocenters. The van der Waals surface area contributed by atoms with Crippen LogP contribution in [0.4, 0.5) is 13.2 Å². The SMILES string of the molecule is CCNC(=NCc1ccc(C(F)(F)F)cc1)NCC1CCCS1. The van der Waals surface area contributed by atoms with Crippen molar-refractivity contribution in [1.82, 2.24) is 10.6 Å². The van der Waals surface area contributed by atoms with E-state index in [2.05, 4.69) is 15.6 Å². The normalized spacial score (nSPS) is 19.0. The van der Waals surface area contributed by atoms with Crippen molar-refractivity contribution in [2.24, 2.45) is 4.99 Å². The molecule has 2 N–H and O–H groups in total. The molecule has 0 bridgehead atoms. The van der Waals surface area contributed by atoms with Crippen LogP contribution in [0.3, 0.4) is 0 Å². The summed E-state index contributed by atoms with van der Waals surface area (Å²) < 4.78 is 37.6. The number of benzene rings is 1. The molecule has 1 atom stereocenters. The fraction of sp³-hybridized carbons (Fsp3) is 0.562. The Bertz CT molecular complexity index is 508. The van der Waals surface area contributed by atoms with Crippen molar-refractivity contribution in [3.8, 4) is 0 Å². The first kappa shape index (κ1) is 18.0. The standard InChI is InChI=1S/C16H22F3N3S/c1-2-20-15(22-11-14-4-3-9-23-14)21-10-12-5-7-13(8-6-12)16(17,18)19/h5-8,14H,2-4,9-11H2,1H3,(H2,20,21,22). The predicted molar refractivity (Wildman–Crippen MR) is 89.7 cm³/mol. The highest BCUT2D eigenvalue weighted by Gasteiger charge is 2.29. The summed E-state index contributed by atoms with van der Waals surface area (Å²) in [6, 6.07) is 5.15. The maximum atomic E-state index is 12.5. The second kappa shape index (κ2) is 8.47. The van der Waals surface area contributed by atoms with Gasteiger partial charge in [-0.05, 0) is 43.2 Å². The first-order valence-electron chi connectivity index (χ1n) is 7.79. The first-order chi connectivity index (χ1) is 11.0. The van der Waals surface area contributed by atoms with Crippen LogP contribution in [0.15, 0.2) is 29.3 Å². The van der Waals surface area contributed by atoms with Gasteiger partial charge in [-0.1, -0.05) is 12.1 Å². The van der Waals surface area contributed by atoms with Gasteiger partial charge >= 0.3 is 6.18 Å². The van der Waals surface area contributed by atoms with E-state index in [1.165, 1.54) is 30.7 Å². The number of rotatable bonds is 5. The van der Waals surface area contributed by atoms with Crippen LogP contribution in [0.1, 0.15) is 30.9 Å². The van der Waals surface area contributed by atoms with E-state index in [4.69, 9.17) is 0 Å². The Morgan fingerprint density at radius 1 is 1.26 bits per heavy atom. The van der Waals surface area contributed by atoms with Crippen molar-refractivity contribution in [1.29, 1.82) is 0 Å². The average molecular weight is 345 g/mol. The summed E-state index contributed by atoms with van der Waals surface area (Å²) in [6.45, 7) is 3.95. The number of alkyl halides is 3. The van der Waals surface area contributed by atoms with Gasteiger partial charge in [-0.2, -0.15) is 24.9 Å². The van der Waals surface area contributed by atoms with Crippen LogP contribution < -0.4 is 10.6 Å². The molecule has 0 aromatic heterocycles. The van der Waals surface area contributed by atoms with E-state index in [9.17, 15) is 13.2 Å². The minimum atomic E-state index is -4.29. The lowest BCUT2D eigenvalue weighted by molar-refractivity contribution is -0.137. The van der Waals surface area contributed by atoms with Crippen LogP contribution in [-0.4, -0.2) is 30.1 Å². The molecule has 1 saturated heterocycles. The van der Waals surface area contributed by atoms with E-state index in [0.29, 0.717) is 17.8 Å². The second-order valence-corrected chi connectivity index (χ2v) is 6.81. The molecule has 1 heterocycles. The zero-order valence-corrected chi connectivity index (χ0v) is 13.9. The summed E-state index contributed by atoms with van der Waals surface area (Å²) in [4.78, 5) is 4.44. The summed E-state index contributed by atoms with van der Waals surface area (Å²) in [5.74, 6) is 1.92. The quantitative estimate of drug-likeness (QED) is 0.632. The highest BCUT2D eigenvalue weighted by Crippen LogP contribution is 2.29. The van der Waals surface area contributed by atoms with Crippen LogP contribution in [0.25, 0.3) is 0 Å². The Morgan fingerprint density at radius 3 is 2.57 bits per heavy atom. The van der Waals surface area contributed by atoms with Gasteiger partial charge in [0.05, 0.1) is 12.1 Å². The van der Waals surface area contributed by atoms with Crippen LogP contribution in [0, 0.1) is 0 Å². The Balaban J connectivity index is 1.90. The van der Waals surface area contributed by atoms with Crippen molar-refractivity contribution in [3.63, 3.8) is 0 Å². The monoisotopic (exact) mass is 345 g/mol. The number of nitrogens with one attached hydrogen (secondary N) is 2. The third-order valence-corrected chi connectivity index (χ3v) is 4.96. The number of halogens is 3. The number of thioether (sulfide) groups is 1. The van der Waals surface area contributed by atoms with E-state index in [1.54, 1.807) is 0 Å². The molecule has 0 aliphatic carbocycles. The highest BCUT2D eigenvalue weighted by atomic mass is 32.2. The van der Waals surface area contributed by atoms with Gasteiger partial charge in [-0.15, -0.1) is 0 Å². The van der Waals surface area contributed by atoms with Gasteiger partial charge in [0, 0.05) is 18.3 Å². The van der Waals surface area contributed by atoms with Crippen molar-refractivity contribution < 1.29 is 13.2 Å². The van der Waals surface area contributed by atoms with E-state index in [1.807, 2.05) is 18.7 Å². The van der Waals surface area contributed by atoms with Gasteiger partial charge in [0.25, 0.3) is 0 Å². The number of hydrogen-bond acceptors (Lipinski definition) is 2. The molecule has 1 fully saturated rings. The van der Waals surface area contributed by atoms with Crippen molar-refractivity contribution in [2.75, 3.05) is 18.8 Å². The number of guanidine groups is 1. The number of hydrogen-bond donors (Lipinski definition) is 2. The first-order valence-corrected chi connectivity index (χ1v) is 8.84. The van der Waals surface area contributed by atoms with Gasteiger partial charge in [0.15, 0.2) is 5.96 Å². The van der Waals surface area contributed by atoms with E-state index in [0.717, 1.165) is 30.8 Å². The Labute approximate surface area is 139 Å². The van der Waals surface area contributed by atoms with Gasteiger partial charge in [0.2, 0.25) is 0 Å². The second-order valence-electron chi connectivity index (χ2n) is 5.41. The van der Waals surface area contributed by atoms with Gasteiger partial charge in [-0.3, -0.25) is 0 Å².